The van der Waals surface area contributed by atoms with Crippen molar-refractivity contribution in [2.45, 2.75) is 25.5 Å². The van der Waals surface area contributed by atoms with Crippen LogP contribution in [0.1, 0.15) is 23.5 Å². The number of pyridine rings is 1. The lowest BCUT2D eigenvalue weighted by Gasteiger charge is -2.18. The Kier molecular flexibility index (Phi) is 5.71. The molecule has 1 saturated heterocycles. The highest BCUT2D eigenvalue weighted by Gasteiger charge is 2.33. The van der Waals surface area contributed by atoms with Gasteiger partial charge in [0.1, 0.15) is 5.82 Å². The van der Waals surface area contributed by atoms with Gasteiger partial charge in [-0.1, -0.05) is 18.2 Å². The van der Waals surface area contributed by atoms with Gasteiger partial charge in [-0.2, -0.15) is 8.78 Å². The Balaban J connectivity index is 1.30. The van der Waals surface area contributed by atoms with E-state index in [1.165, 1.54) is 24.5 Å². The molecule has 0 N–H and O–H groups in total. The predicted molar refractivity (Wildman–Crippen MR) is 128 cm³/mol. The summed E-state index contributed by atoms with van der Waals surface area (Å²) in [6, 6.07) is 9.63. The summed E-state index contributed by atoms with van der Waals surface area (Å²) in [4.78, 5) is 26.8. The third kappa shape index (κ3) is 4.24. The quantitative estimate of drug-likeness (QED) is 0.295. The fourth-order valence-corrected chi connectivity index (χ4v) is 4.89. The molecule has 1 fully saturated rings. The highest BCUT2D eigenvalue weighted by molar-refractivity contribution is 6.08. The van der Waals surface area contributed by atoms with E-state index in [-0.39, 0.29) is 36.1 Å². The normalized spacial score (nSPS) is 15.8. The Morgan fingerprint density at radius 1 is 1.08 bits per heavy atom. The Bertz CT molecular complexity index is 1620. The second-order valence-corrected chi connectivity index (χ2v) is 8.78. The number of alkyl halides is 2. The number of carbonyl (C=O) groups is 1. The fourth-order valence-electron chi connectivity index (χ4n) is 4.89. The molecule has 3 aromatic heterocycles. The molecule has 0 bridgehead atoms. The Morgan fingerprint density at radius 3 is 2.73 bits per heavy atom. The third-order valence-corrected chi connectivity index (χ3v) is 6.56. The number of hydrogen-bond acceptors (Lipinski definition) is 6. The van der Waals surface area contributed by atoms with Crippen molar-refractivity contribution < 1.29 is 27.1 Å². The smallest absolute Gasteiger partial charge is 0.387 e. The zero-order valence-corrected chi connectivity index (χ0v) is 19.3. The average Bonchev–Trinajstić information content (AvgIpc) is 3.47. The molecule has 186 valence electrons. The molecule has 7 nitrogen and oxygen atoms in total. The summed E-state index contributed by atoms with van der Waals surface area (Å²) in [6.45, 7) is -2.57. The first kappa shape index (κ1) is 23.0. The van der Waals surface area contributed by atoms with E-state index in [0.29, 0.717) is 39.7 Å². The van der Waals surface area contributed by atoms with Crippen LogP contribution in [0.4, 0.5) is 13.2 Å². The number of benzene rings is 2. The molecule has 0 aliphatic carbocycles. The topological polar surface area (TPSA) is 81.4 Å². The van der Waals surface area contributed by atoms with E-state index in [1.807, 2.05) is 0 Å². The standard InChI is InChI=1S/C27H19F3N4O3/c28-20-9-15(21-11-32-7-8-33-21)1-2-16(20)13-34-14-17(10-24(34)35)18-3-4-22(37-27(29)30)26-25(18)19-5-6-31-12-23(19)36-26/h1-9,11-12,17,27H,10,13-14H2. The summed E-state index contributed by atoms with van der Waals surface area (Å²) in [5, 5.41) is 1.30. The molecule has 0 saturated carbocycles. The Labute approximate surface area is 208 Å². The fraction of sp³-hybridized carbons (Fsp3) is 0.185. The van der Waals surface area contributed by atoms with Gasteiger partial charge in [-0.25, -0.2) is 4.39 Å². The molecular weight excluding hydrogens is 485 g/mol. The molecule has 0 radical (unpaired) electrons. The molecule has 5 aromatic rings. The number of carbonyl (C=O) groups excluding carboxylic acids is 1. The SMILES string of the molecule is O=C1CC(c2ccc(OC(F)F)c3oc4cnccc4c23)CN1Cc1ccc(-c2cnccn2)cc1F. The highest BCUT2D eigenvalue weighted by Crippen LogP contribution is 2.42. The van der Waals surface area contributed by atoms with Gasteiger partial charge in [0.15, 0.2) is 16.9 Å². The third-order valence-electron chi connectivity index (χ3n) is 6.56. The molecular formula is C27H19F3N4O3. The first-order valence-electron chi connectivity index (χ1n) is 11.5. The molecule has 1 atom stereocenters. The summed E-state index contributed by atoms with van der Waals surface area (Å²) >= 11 is 0. The van der Waals surface area contributed by atoms with Gasteiger partial charge in [0, 0.05) is 65.9 Å². The van der Waals surface area contributed by atoms with Gasteiger partial charge in [0.05, 0.1) is 18.1 Å². The van der Waals surface area contributed by atoms with Crippen LogP contribution in [0.3, 0.4) is 0 Å². The van der Waals surface area contributed by atoms with Gasteiger partial charge in [0.25, 0.3) is 0 Å². The lowest BCUT2D eigenvalue weighted by molar-refractivity contribution is -0.128. The summed E-state index contributed by atoms with van der Waals surface area (Å²) < 4.78 is 51.4. The molecule has 37 heavy (non-hydrogen) atoms. The van der Waals surface area contributed by atoms with E-state index < -0.39 is 12.4 Å². The number of halogens is 3. The number of nitrogens with zero attached hydrogens (tertiary/aromatic N) is 4. The molecule has 4 heterocycles. The number of likely N-dealkylation sites (tertiary alicyclic amines) is 1. The van der Waals surface area contributed by atoms with Crippen molar-refractivity contribution in [3.63, 3.8) is 0 Å². The van der Waals surface area contributed by atoms with Crippen LogP contribution in [-0.4, -0.2) is 38.9 Å². The van der Waals surface area contributed by atoms with Crippen molar-refractivity contribution in [1.29, 1.82) is 0 Å². The molecule has 10 heteroatoms. The van der Waals surface area contributed by atoms with E-state index in [2.05, 4.69) is 19.7 Å². The van der Waals surface area contributed by atoms with Crippen LogP contribution in [0, 0.1) is 5.82 Å². The van der Waals surface area contributed by atoms with Crippen molar-refractivity contribution in [1.82, 2.24) is 19.9 Å². The van der Waals surface area contributed by atoms with Gasteiger partial charge in [-0.3, -0.25) is 19.7 Å². The van der Waals surface area contributed by atoms with Crippen LogP contribution < -0.4 is 4.74 Å². The monoisotopic (exact) mass is 504 g/mol. The lowest BCUT2D eigenvalue weighted by atomic mass is 9.93. The molecule has 1 aliphatic rings. The summed E-state index contributed by atoms with van der Waals surface area (Å²) in [5.41, 5.74) is 2.90. The largest absolute Gasteiger partial charge is 0.451 e. The van der Waals surface area contributed by atoms with Crippen LogP contribution in [-0.2, 0) is 11.3 Å². The predicted octanol–water partition coefficient (Wildman–Crippen LogP) is 5.69. The minimum atomic E-state index is -3.01. The zero-order valence-electron chi connectivity index (χ0n) is 19.3. The number of fused-ring (bicyclic) bond motifs is 3. The van der Waals surface area contributed by atoms with Crippen molar-refractivity contribution in [2.24, 2.45) is 0 Å². The van der Waals surface area contributed by atoms with E-state index >= 15 is 0 Å². The summed E-state index contributed by atoms with van der Waals surface area (Å²) in [5.74, 6) is -0.899. The second kappa shape index (κ2) is 9.20. The Morgan fingerprint density at radius 2 is 1.95 bits per heavy atom. The highest BCUT2D eigenvalue weighted by atomic mass is 19.3. The average molecular weight is 504 g/mol. The van der Waals surface area contributed by atoms with Crippen molar-refractivity contribution >= 4 is 27.8 Å². The lowest BCUT2D eigenvalue weighted by Crippen LogP contribution is -2.25. The molecule has 1 amide bonds. The first-order chi connectivity index (χ1) is 18.0. The first-order valence-corrected chi connectivity index (χ1v) is 11.5. The second-order valence-electron chi connectivity index (χ2n) is 8.78. The van der Waals surface area contributed by atoms with Crippen LogP contribution in [0.2, 0.25) is 0 Å². The number of furan rings is 1. The van der Waals surface area contributed by atoms with Crippen molar-refractivity contribution in [3.8, 4) is 17.0 Å². The summed E-state index contributed by atoms with van der Waals surface area (Å²) in [6.07, 6.45) is 7.91. The number of ether oxygens (including phenoxy) is 1. The molecule has 2 aromatic carbocycles. The van der Waals surface area contributed by atoms with Crippen LogP contribution in [0.5, 0.6) is 5.75 Å². The van der Waals surface area contributed by atoms with Gasteiger partial charge < -0.3 is 14.1 Å². The number of hydrogen-bond donors (Lipinski definition) is 0. The van der Waals surface area contributed by atoms with Crippen molar-refractivity contribution in [2.75, 3.05) is 6.54 Å². The maximum absolute atomic E-state index is 14.9. The van der Waals surface area contributed by atoms with Crippen LogP contribution >= 0.6 is 0 Å². The minimum absolute atomic E-state index is 0.0867. The van der Waals surface area contributed by atoms with Gasteiger partial charge in [-0.15, -0.1) is 0 Å². The van der Waals surface area contributed by atoms with Crippen LogP contribution in [0.25, 0.3) is 33.2 Å². The van der Waals surface area contributed by atoms with Crippen LogP contribution in [0.15, 0.2) is 71.8 Å². The molecule has 0 spiro atoms. The van der Waals surface area contributed by atoms with E-state index in [0.717, 1.165) is 5.56 Å². The molecule has 1 aliphatic heterocycles. The number of amides is 1. The van der Waals surface area contributed by atoms with Crippen molar-refractivity contribution in [3.05, 3.63) is 84.3 Å². The van der Waals surface area contributed by atoms with Gasteiger partial charge in [-0.05, 0) is 23.8 Å². The van der Waals surface area contributed by atoms with Gasteiger partial charge in [0.2, 0.25) is 5.91 Å². The maximum Gasteiger partial charge on any atom is 0.387 e. The minimum Gasteiger partial charge on any atom is -0.451 e. The van der Waals surface area contributed by atoms with E-state index in [1.54, 1.807) is 47.8 Å². The van der Waals surface area contributed by atoms with Gasteiger partial charge >= 0.3 is 6.61 Å². The number of aromatic nitrogens is 3. The maximum atomic E-state index is 14.9. The zero-order chi connectivity index (χ0) is 25.5. The van der Waals surface area contributed by atoms with E-state index in [4.69, 9.17) is 4.42 Å². The number of rotatable bonds is 6. The summed E-state index contributed by atoms with van der Waals surface area (Å²) in [7, 11) is 0. The van der Waals surface area contributed by atoms with E-state index in [9.17, 15) is 18.0 Å². The molecule has 1 unspecified atom stereocenters. The molecule has 6 rings (SSSR count). The Hall–Kier alpha value is -4.47.